The maximum Gasteiger partial charge on any atom is 0.243 e. The summed E-state index contributed by atoms with van der Waals surface area (Å²) in [5.74, 6) is 0. The van der Waals surface area contributed by atoms with Crippen molar-refractivity contribution in [2.45, 2.75) is 24.8 Å². The molecule has 0 saturated heterocycles. The average Bonchev–Trinajstić information content (AvgIpc) is 2.48. The molecular weight excluding hydrogens is 272 g/mol. The standard InChI is InChI=1S/C15H18N2O2S/c1-3-13-7-6-9-15(11-13)20(18,19)17(2)12-14-8-4-5-10-16-14/h4-11H,3,12H2,1-2H3. The van der Waals surface area contributed by atoms with Gasteiger partial charge in [0, 0.05) is 13.2 Å². The van der Waals surface area contributed by atoms with Crippen LogP contribution < -0.4 is 0 Å². The van der Waals surface area contributed by atoms with E-state index in [0.29, 0.717) is 4.90 Å². The zero-order chi connectivity index (χ0) is 14.6. The maximum atomic E-state index is 12.5. The summed E-state index contributed by atoms with van der Waals surface area (Å²) in [4.78, 5) is 4.48. The molecule has 0 fully saturated rings. The second-order valence-corrected chi connectivity index (χ2v) is 6.63. The lowest BCUT2D eigenvalue weighted by atomic mass is 10.2. The molecule has 1 heterocycles. The summed E-state index contributed by atoms with van der Waals surface area (Å²) in [5, 5.41) is 0. The summed E-state index contributed by atoms with van der Waals surface area (Å²) in [6, 6.07) is 12.5. The minimum atomic E-state index is -3.48. The minimum absolute atomic E-state index is 0.263. The van der Waals surface area contributed by atoms with Gasteiger partial charge in [-0.3, -0.25) is 4.98 Å². The third kappa shape index (κ3) is 3.23. The Morgan fingerprint density at radius 2 is 1.95 bits per heavy atom. The first kappa shape index (κ1) is 14.7. The van der Waals surface area contributed by atoms with Gasteiger partial charge in [0.1, 0.15) is 0 Å². The lowest BCUT2D eigenvalue weighted by molar-refractivity contribution is 0.462. The van der Waals surface area contributed by atoms with Gasteiger partial charge in [0.2, 0.25) is 10.0 Å². The quantitative estimate of drug-likeness (QED) is 0.850. The highest BCUT2D eigenvalue weighted by molar-refractivity contribution is 7.89. The molecule has 0 aliphatic rings. The molecule has 106 valence electrons. The first-order valence-electron chi connectivity index (χ1n) is 6.49. The third-order valence-electron chi connectivity index (χ3n) is 3.13. The lowest BCUT2D eigenvalue weighted by Crippen LogP contribution is -2.27. The molecule has 20 heavy (non-hydrogen) atoms. The topological polar surface area (TPSA) is 50.3 Å². The van der Waals surface area contributed by atoms with E-state index in [-0.39, 0.29) is 6.54 Å². The van der Waals surface area contributed by atoms with E-state index in [0.717, 1.165) is 17.7 Å². The Balaban J connectivity index is 2.25. The molecule has 0 amide bonds. The Morgan fingerprint density at radius 1 is 1.15 bits per heavy atom. The van der Waals surface area contributed by atoms with E-state index in [2.05, 4.69) is 4.98 Å². The molecule has 0 radical (unpaired) electrons. The predicted octanol–water partition coefficient (Wildman–Crippen LogP) is 2.46. The normalized spacial score (nSPS) is 11.8. The lowest BCUT2D eigenvalue weighted by Gasteiger charge is -2.17. The minimum Gasteiger partial charge on any atom is -0.260 e. The van der Waals surface area contributed by atoms with E-state index in [9.17, 15) is 8.42 Å². The number of hydrogen-bond acceptors (Lipinski definition) is 3. The molecular formula is C15H18N2O2S. The van der Waals surface area contributed by atoms with Gasteiger partial charge in [-0.2, -0.15) is 4.31 Å². The van der Waals surface area contributed by atoms with Gasteiger partial charge in [0.15, 0.2) is 0 Å². The summed E-state index contributed by atoms with van der Waals surface area (Å²) in [6.45, 7) is 2.27. The average molecular weight is 290 g/mol. The molecule has 2 aromatic rings. The van der Waals surface area contributed by atoms with Crippen LogP contribution in [-0.2, 0) is 23.0 Å². The van der Waals surface area contributed by atoms with Gasteiger partial charge >= 0.3 is 0 Å². The summed E-state index contributed by atoms with van der Waals surface area (Å²) < 4.78 is 26.3. The third-order valence-corrected chi connectivity index (χ3v) is 4.93. The van der Waals surface area contributed by atoms with Crippen LogP contribution in [0.5, 0.6) is 0 Å². The largest absolute Gasteiger partial charge is 0.260 e. The summed E-state index contributed by atoms with van der Waals surface area (Å²) in [6.07, 6.45) is 2.47. The van der Waals surface area contributed by atoms with E-state index in [1.54, 1.807) is 31.4 Å². The van der Waals surface area contributed by atoms with Gasteiger partial charge in [-0.1, -0.05) is 25.1 Å². The Morgan fingerprint density at radius 3 is 2.60 bits per heavy atom. The molecule has 5 heteroatoms. The van der Waals surface area contributed by atoms with Crippen molar-refractivity contribution in [2.24, 2.45) is 0 Å². The molecule has 0 unspecified atom stereocenters. The van der Waals surface area contributed by atoms with E-state index < -0.39 is 10.0 Å². The molecule has 1 aromatic heterocycles. The summed E-state index contributed by atoms with van der Waals surface area (Å²) >= 11 is 0. The van der Waals surface area contributed by atoms with Gasteiger partial charge in [-0.25, -0.2) is 8.42 Å². The van der Waals surface area contributed by atoms with Crippen LogP contribution in [0.25, 0.3) is 0 Å². The smallest absolute Gasteiger partial charge is 0.243 e. The van der Waals surface area contributed by atoms with Crippen molar-refractivity contribution < 1.29 is 8.42 Å². The molecule has 1 aromatic carbocycles. The number of nitrogens with zero attached hydrogens (tertiary/aromatic N) is 2. The molecule has 4 nitrogen and oxygen atoms in total. The van der Waals surface area contributed by atoms with E-state index in [1.165, 1.54) is 4.31 Å². The van der Waals surface area contributed by atoms with E-state index >= 15 is 0 Å². The van der Waals surface area contributed by atoms with Crippen LogP contribution in [0, 0.1) is 0 Å². The Hall–Kier alpha value is -1.72. The molecule has 0 N–H and O–H groups in total. The van der Waals surface area contributed by atoms with Crippen LogP contribution in [0.15, 0.2) is 53.6 Å². The summed E-state index contributed by atoms with van der Waals surface area (Å²) in [5.41, 5.74) is 1.74. The van der Waals surface area contributed by atoms with E-state index in [4.69, 9.17) is 0 Å². The molecule has 0 spiro atoms. The van der Waals surface area contributed by atoms with Gasteiger partial charge in [-0.15, -0.1) is 0 Å². The van der Waals surface area contributed by atoms with Crippen molar-refractivity contribution >= 4 is 10.0 Å². The molecule has 2 rings (SSSR count). The van der Waals surface area contributed by atoms with Gasteiger partial charge in [-0.05, 0) is 36.2 Å². The number of hydrogen-bond donors (Lipinski definition) is 0. The van der Waals surface area contributed by atoms with Crippen molar-refractivity contribution in [3.05, 3.63) is 59.9 Å². The second kappa shape index (κ2) is 6.15. The van der Waals surface area contributed by atoms with Crippen LogP contribution in [-0.4, -0.2) is 24.8 Å². The summed E-state index contributed by atoms with van der Waals surface area (Å²) in [7, 11) is -1.90. The SMILES string of the molecule is CCc1cccc(S(=O)(=O)N(C)Cc2ccccn2)c1. The highest BCUT2D eigenvalue weighted by atomic mass is 32.2. The number of rotatable bonds is 5. The number of sulfonamides is 1. The van der Waals surface area contributed by atoms with Crippen LogP contribution in [0.1, 0.15) is 18.2 Å². The second-order valence-electron chi connectivity index (χ2n) is 4.58. The van der Waals surface area contributed by atoms with Crippen molar-refractivity contribution in [1.29, 1.82) is 0 Å². The first-order chi connectivity index (χ1) is 9.54. The number of pyridine rings is 1. The highest BCUT2D eigenvalue weighted by Gasteiger charge is 2.21. The number of aromatic nitrogens is 1. The van der Waals surface area contributed by atoms with Crippen LogP contribution in [0.3, 0.4) is 0 Å². The highest BCUT2D eigenvalue weighted by Crippen LogP contribution is 2.17. The van der Waals surface area contributed by atoms with Crippen molar-refractivity contribution in [1.82, 2.24) is 9.29 Å². The fourth-order valence-electron chi connectivity index (χ4n) is 1.91. The van der Waals surface area contributed by atoms with Crippen LogP contribution >= 0.6 is 0 Å². The Labute approximate surface area is 120 Å². The predicted molar refractivity (Wildman–Crippen MR) is 78.7 cm³/mol. The fraction of sp³-hybridized carbons (Fsp3) is 0.267. The van der Waals surface area contributed by atoms with Crippen molar-refractivity contribution in [2.75, 3.05) is 7.05 Å². The van der Waals surface area contributed by atoms with Crippen molar-refractivity contribution in [3.63, 3.8) is 0 Å². The fourth-order valence-corrected chi connectivity index (χ4v) is 3.12. The molecule has 0 bridgehead atoms. The van der Waals surface area contributed by atoms with Crippen LogP contribution in [0.4, 0.5) is 0 Å². The van der Waals surface area contributed by atoms with Gasteiger partial charge in [0.25, 0.3) is 0 Å². The number of benzene rings is 1. The first-order valence-corrected chi connectivity index (χ1v) is 7.93. The maximum absolute atomic E-state index is 12.5. The monoisotopic (exact) mass is 290 g/mol. The van der Waals surface area contributed by atoms with Crippen LogP contribution in [0.2, 0.25) is 0 Å². The molecule has 0 saturated carbocycles. The Bertz CT molecular complexity index is 669. The van der Waals surface area contributed by atoms with Gasteiger partial charge < -0.3 is 0 Å². The van der Waals surface area contributed by atoms with Gasteiger partial charge in [0.05, 0.1) is 17.1 Å². The zero-order valence-corrected chi connectivity index (χ0v) is 12.5. The molecule has 0 aliphatic heterocycles. The van der Waals surface area contributed by atoms with Crippen molar-refractivity contribution in [3.8, 4) is 0 Å². The Kier molecular flexibility index (Phi) is 4.52. The number of aryl methyl sites for hydroxylation is 1. The molecule has 0 aliphatic carbocycles. The molecule has 0 atom stereocenters. The zero-order valence-electron chi connectivity index (χ0n) is 11.7. The van der Waals surface area contributed by atoms with E-state index in [1.807, 2.05) is 31.2 Å².